The Morgan fingerprint density at radius 3 is 2.36 bits per heavy atom. The van der Waals surface area contributed by atoms with Crippen LogP contribution in [-0.4, -0.2) is 37.5 Å². The average molecular weight is 366 g/mol. The molecule has 1 unspecified atom stereocenters. The minimum Gasteiger partial charge on any atom is -0.353 e. The van der Waals surface area contributed by atoms with Gasteiger partial charge in [-0.2, -0.15) is 0 Å². The molecule has 6 heteroatoms. The number of anilines is 1. The number of nitrogens with zero attached hydrogens (tertiary/aromatic N) is 1. The predicted octanol–water partition coefficient (Wildman–Crippen LogP) is 2.25. The number of hydrogen-bond donors (Lipinski definition) is 2. The van der Waals surface area contributed by atoms with Crippen molar-refractivity contribution >= 4 is 29.9 Å². The van der Waals surface area contributed by atoms with Gasteiger partial charge in [0.25, 0.3) is 0 Å². The third kappa shape index (κ3) is 4.33. The van der Waals surface area contributed by atoms with Crippen LogP contribution in [0.15, 0.2) is 12.1 Å². The summed E-state index contributed by atoms with van der Waals surface area (Å²) in [5.41, 5.74) is 4.36. The fourth-order valence-electron chi connectivity index (χ4n) is 3.98. The van der Waals surface area contributed by atoms with Crippen molar-refractivity contribution < 1.29 is 9.59 Å². The van der Waals surface area contributed by atoms with Gasteiger partial charge in [-0.05, 0) is 57.8 Å². The normalized spacial score (nSPS) is 21.2. The number of aryl methyl sites for hydroxylation is 3. The second-order valence-corrected chi connectivity index (χ2v) is 7.19. The van der Waals surface area contributed by atoms with Crippen molar-refractivity contribution in [3.05, 3.63) is 28.8 Å². The lowest BCUT2D eigenvalue weighted by Crippen LogP contribution is -2.45. The molecule has 0 saturated carbocycles. The van der Waals surface area contributed by atoms with E-state index in [1.165, 1.54) is 5.56 Å². The molecule has 25 heavy (non-hydrogen) atoms. The van der Waals surface area contributed by atoms with Crippen molar-refractivity contribution in [3.63, 3.8) is 0 Å². The number of nitrogens with one attached hydrogen (secondary N) is 2. The molecule has 2 aliphatic heterocycles. The van der Waals surface area contributed by atoms with E-state index in [0.717, 1.165) is 42.7 Å². The van der Waals surface area contributed by atoms with E-state index in [9.17, 15) is 9.59 Å². The summed E-state index contributed by atoms with van der Waals surface area (Å²) in [5.74, 6) is -0.164. The maximum Gasteiger partial charge on any atom is 0.227 e. The van der Waals surface area contributed by atoms with Crippen molar-refractivity contribution in [2.45, 2.75) is 46.1 Å². The molecule has 3 rings (SSSR count). The fraction of sp³-hybridized carbons (Fsp3) is 0.579. The second-order valence-electron chi connectivity index (χ2n) is 7.19. The summed E-state index contributed by atoms with van der Waals surface area (Å²) in [6, 6.07) is 4.43. The highest BCUT2D eigenvalue weighted by atomic mass is 35.5. The number of amides is 2. The van der Waals surface area contributed by atoms with Gasteiger partial charge >= 0.3 is 0 Å². The predicted molar refractivity (Wildman–Crippen MR) is 102 cm³/mol. The van der Waals surface area contributed by atoms with Crippen LogP contribution in [0.25, 0.3) is 0 Å². The first kappa shape index (κ1) is 19.7. The minimum absolute atomic E-state index is 0. The molecule has 5 nitrogen and oxygen atoms in total. The maximum atomic E-state index is 12.5. The van der Waals surface area contributed by atoms with Crippen molar-refractivity contribution in [2.24, 2.45) is 5.92 Å². The largest absolute Gasteiger partial charge is 0.353 e. The van der Waals surface area contributed by atoms with Crippen LogP contribution in [0.1, 0.15) is 36.0 Å². The molecule has 2 fully saturated rings. The van der Waals surface area contributed by atoms with Gasteiger partial charge < -0.3 is 15.5 Å². The molecule has 1 aromatic carbocycles. The number of benzene rings is 1. The Morgan fingerprint density at radius 2 is 1.76 bits per heavy atom. The van der Waals surface area contributed by atoms with E-state index in [1.54, 1.807) is 4.90 Å². The third-order valence-electron chi connectivity index (χ3n) is 5.09. The summed E-state index contributed by atoms with van der Waals surface area (Å²) in [5, 5.41) is 6.43. The lowest BCUT2D eigenvalue weighted by Gasteiger charge is -2.25. The summed E-state index contributed by atoms with van der Waals surface area (Å²) < 4.78 is 0. The molecule has 0 spiro atoms. The van der Waals surface area contributed by atoms with Crippen LogP contribution in [0, 0.1) is 26.7 Å². The second kappa shape index (κ2) is 8.19. The first-order chi connectivity index (χ1) is 11.5. The molecule has 0 aliphatic carbocycles. The van der Waals surface area contributed by atoms with Gasteiger partial charge in [0.1, 0.15) is 0 Å². The SMILES string of the molecule is Cc1cc(C)c(N2CC(C(=O)NC3CCNCC3)CC2=O)c(C)c1.Cl. The highest BCUT2D eigenvalue weighted by molar-refractivity contribution is 6.01. The Morgan fingerprint density at radius 1 is 1.16 bits per heavy atom. The number of hydrogen-bond acceptors (Lipinski definition) is 3. The zero-order valence-electron chi connectivity index (χ0n) is 15.2. The molecule has 2 aliphatic rings. The van der Waals surface area contributed by atoms with E-state index in [2.05, 4.69) is 29.7 Å². The maximum absolute atomic E-state index is 12.5. The van der Waals surface area contributed by atoms with Gasteiger partial charge in [-0.25, -0.2) is 0 Å². The third-order valence-corrected chi connectivity index (χ3v) is 5.09. The lowest BCUT2D eigenvalue weighted by atomic mass is 10.0. The van der Waals surface area contributed by atoms with E-state index in [1.807, 2.05) is 13.8 Å². The Hall–Kier alpha value is -1.59. The number of piperidine rings is 1. The van der Waals surface area contributed by atoms with Gasteiger partial charge in [0, 0.05) is 24.7 Å². The summed E-state index contributed by atoms with van der Waals surface area (Å²) in [6.45, 7) is 8.51. The Labute approximate surface area is 155 Å². The van der Waals surface area contributed by atoms with Crippen LogP contribution in [0.3, 0.4) is 0 Å². The number of carbonyl (C=O) groups excluding carboxylic acids is 2. The van der Waals surface area contributed by atoms with Gasteiger partial charge in [0.05, 0.1) is 5.92 Å². The molecule has 138 valence electrons. The Kier molecular flexibility index (Phi) is 6.47. The van der Waals surface area contributed by atoms with Crippen molar-refractivity contribution in [2.75, 3.05) is 24.5 Å². The molecule has 2 heterocycles. The molecular formula is C19H28ClN3O2. The number of carbonyl (C=O) groups is 2. The highest BCUT2D eigenvalue weighted by Crippen LogP contribution is 2.32. The lowest BCUT2D eigenvalue weighted by molar-refractivity contribution is -0.127. The molecule has 1 atom stereocenters. The van der Waals surface area contributed by atoms with Crippen molar-refractivity contribution in [1.82, 2.24) is 10.6 Å². The van der Waals surface area contributed by atoms with Gasteiger partial charge in [-0.1, -0.05) is 17.7 Å². The molecule has 0 aromatic heterocycles. The number of rotatable bonds is 3. The topological polar surface area (TPSA) is 61.4 Å². The van der Waals surface area contributed by atoms with Gasteiger partial charge in [-0.3, -0.25) is 9.59 Å². The zero-order valence-corrected chi connectivity index (χ0v) is 16.0. The summed E-state index contributed by atoms with van der Waals surface area (Å²) >= 11 is 0. The first-order valence-corrected chi connectivity index (χ1v) is 8.85. The molecule has 1 aromatic rings. The van der Waals surface area contributed by atoms with E-state index in [4.69, 9.17) is 0 Å². The van der Waals surface area contributed by atoms with Crippen LogP contribution in [-0.2, 0) is 9.59 Å². The quantitative estimate of drug-likeness (QED) is 0.863. The monoisotopic (exact) mass is 365 g/mol. The Bertz CT molecular complexity index is 633. The fourth-order valence-corrected chi connectivity index (χ4v) is 3.98. The number of halogens is 1. The highest BCUT2D eigenvalue weighted by Gasteiger charge is 2.36. The van der Waals surface area contributed by atoms with Gasteiger partial charge in [-0.15, -0.1) is 12.4 Å². The first-order valence-electron chi connectivity index (χ1n) is 8.85. The smallest absolute Gasteiger partial charge is 0.227 e. The zero-order chi connectivity index (χ0) is 17.3. The summed E-state index contributed by atoms with van der Waals surface area (Å²) in [7, 11) is 0. The molecule has 2 saturated heterocycles. The van der Waals surface area contributed by atoms with Crippen LogP contribution >= 0.6 is 12.4 Å². The van der Waals surface area contributed by atoms with Gasteiger partial charge in [0.15, 0.2) is 0 Å². The molecule has 0 bridgehead atoms. The van der Waals surface area contributed by atoms with Crippen LogP contribution in [0.5, 0.6) is 0 Å². The summed E-state index contributed by atoms with van der Waals surface area (Å²) in [4.78, 5) is 26.9. The van der Waals surface area contributed by atoms with Crippen LogP contribution in [0.2, 0.25) is 0 Å². The van der Waals surface area contributed by atoms with E-state index in [-0.39, 0.29) is 36.2 Å². The average Bonchev–Trinajstić information content (AvgIpc) is 2.89. The molecular weight excluding hydrogens is 338 g/mol. The van der Waals surface area contributed by atoms with E-state index >= 15 is 0 Å². The minimum atomic E-state index is -0.243. The van der Waals surface area contributed by atoms with Crippen LogP contribution in [0.4, 0.5) is 5.69 Å². The standard InChI is InChI=1S/C19H27N3O2.ClH/c1-12-8-13(2)18(14(3)9-12)22-11-15(10-17(22)23)19(24)21-16-4-6-20-7-5-16;/h8-9,15-16,20H,4-7,10-11H2,1-3H3,(H,21,24);1H. The molecule has 2 N–H and O–H groups in total. The van der Waals surface area contributed by atoms with E-state index < -0.39 is 0 Å². The Balaban J connectivity index is 0.00000225. The van der Waals surface area contributed by atoms with Crippen LogP contribution < -0.4 is 15.5 Å². The van der Waals surface area contributed by atoms with Crippen molar-refractivity contribution in [1.29, 1.82) is 0 Å². The molecule has 0 radical (unpaired) electrons. The van der Waals surface area contributed by atoms with E-state index in [0.29, 0.717) is 13.0 Å². The van der Waals surface area contributed by atoms with Crippen molar-refractivity contribution in [3.8, 4) is 0 Å². The molecule has 2 amide bonds. The summed E-state index contributed by atoms with van der Waals surface area (Å²) in [6.07, 6.45) is 2.24. The van der Waals surface area contributed by atoms with Gasteiger partial charge in [0.2, 0.25) is 11.8 Å².